The van der Waals surface area contributed by atoms with Gasteiger partial charge in [0, 0.05) is 99.0 Å². The molecule has 0 unspecified atom stereocenters. The lowest BCUT2D eigenvalue weighted by atomic mass is 9.98. The maximum Gasteiger partial charge on any atom is 0.137 e. The van der Waals surface area contributed by atoms with Gasteiger partial charge in [-0.2, -0.15) is 0 Å². The van der Waals surface area contributed by atoms with Crippen LogP contribution in [0.5, 0.6) is 0 Å². The van der Waals surface area contributed by atoms with E-state index in [1.165, 1.54) is 236 Å². The minimum Gasteiger partial charge on any atom is -0.309 e. The first-order valence-corrected chi connectivity index (χ1v) is 48.8. The molecule has 7 heterocycles. The molecule has 0 saturated heterocycles. The third-order valence-electron chi connectivity index (χ3n) is 29.4. The van der Waals surface area contributed by atoms with E-state index in [-0.39, 0.29) is 0 Å². The van der Waals surface area contributed by atoms with Crippen molar-refractivity contribution in [3.63, 3.8) is 0 Å². The molecule has 0 bridgehead atoms. The standard InChI is InChI=1S/2C46H30N2.C43H27N3/c1-2-11-31(12-3-1)32-21-25-36(26-22-32)47-43-18-8-6-16-38(43)40-29-34(23-27-45(40)47)35-24-28-46-41(30-35)39-17-7-9-19-44(39)48(46)42-20-10-14-33-13-4-5-15-37(33)42;1-2-10-31(11-3-1)33-18-23-37(24-19-33)47-43-16-8-6-14-39(43)41-29-35(21-26-45(41)47)36-22-27-46-42(30-36)40-15-7-9-17-44(40)48(46)38-25-20-32-12-4-5-13-34(32)28-38;1-2-12-32(13-3-1)45-37-21-19-30(26-35(37)42-33-14-6-4-10-28(33)17-23-39(42)45)31-20-22-38-36(27-31)43-34-15-7-5-11-29(34)18-24-40(43)46(38)41-16-8-9-25-44-41/h2*1-30H;1-27H. The Morgan fingerprint density at radius 2 is 0.401 bits per heavy atom. The van der Waals surface area contributed by atoms with E-state index in [0.717, 1.165) is 28.2 Å². The molecule has 0 radical (unpaired) electrons. The molecule has 0 aliphatic heterocycles. The third-order valence-corrected chi connectivity index (χ3v) is 29.4. The van der Waals surface area contributed by atoms with Crippen LogP contribution in [-0.2, 0) is 0 Å². The molecule has 30 rings (SSSR count). The van der Waals surface area contributed by atoms with Crippen molar-refractivity contribution < 1.29 is 0 Å². The Kier molecular flexibility index (Phi) is 19.2. The molecule has 7 nitrogen and oxygen atoms in total. The predicted octanol–water partition coefficient (Wildman–Crippen LogP) is 36.0. The lowest BCUT2D eigenvalue weighted by Gasteiger charge is -2.12. The summed E-state index contributed by atoms with van der Waals surface area (Å²) in [5, 5.41) is 25.1. The molecule has 142 heavy (non-hydrogen) atoms. The summed E-state index contributed by atoms with van der Waals surface area (Å²) in [6, 6.07) is 189. The Morgan fingerprint density at radius 1 is 0.127 bits per heavy atom. The Labute approximate surface area is 818 Å². The largest absolute Gasteiger partial charge is 0.309 e. The Morgan fingerprint density at radius 3 is 0.845 bits per heavy atom. The number of benzene rings is 23. The van der Waals surface area contributed by atoms with Crippen molar-refractivity contribution in [2.75, 3.05) is 0 Å². The molecule has 662 valence electrons. The fraction of sp³-hybridized carbons (Fsp3) is 0. The summed E-state index contributed by atoms with van der Waals surface area (Å²) in [5.74, 6) is 0.924. The van der Waals surface area contributed by atoms with Crippen LogP contribution in [0, 0.1) is 0 Å². The van der Waals surface area contributed by atoms with Crippen LogP contribution in [-0.4, -0.2) is 32.4 Å². The Bertz CT molecular complexity index is 10100. The summed E-state index contributed by atoms with van der Waals surface area (Å²) in [6.07, 6.45) is 1.87. The van der Waals surface area contributed by atoms with Crippen LogP contribution in [0.2, 0.25) is 0 Å². The summed E-state index contributed by atoms with van der Waals surface area (Å²) in [5.41, 5.74) is 32.5. The molecular formula is C135H87N7. The highest BCUT2D eigenvalue weighted by atomic mass is 15.1. The second kappa shape index (κ2) is 33.5. The topological polar surface area (TPSA) is 42.5 Å². The van der Waals surface area contributed by atoms with E-state index in [4.69, 9.17) is 4.98 Å². The van der Waals surface area contributed by atoms with Gasteiger partial charge in [0.25, 0.3) is 0 Å². The first-order chi connectivity index (χ1) is 70.4. The van der Waals surface area contributed by atoms with E-state index < -0.39 is 0 Å². The van der Waals surface area contributed by atoms with Crippen LogP contribution < -0.4 is 0 Å². The van der Waals surface area contributed by atoms with Gasteiger partial charge in [0.05, 0.1) is 71.9 Å². The minimum atomic E-state index is 0.924. The van der Waals surface area contributed by atoms with Gasteiger partial charge in [0.1, 0.15) is 5.82 Å². The zero-order chi connectivity index (χ0) is 93.4. The molecule has 7 aromatic heterocycles. The van der Waals surface area contributed by atoms with Crippen molar-refractivity contribution >= 4 is 174 Å². The molecule has 0 aliphatic carbocycles. The summed E-state index contributed by atoms with van der Waals surface area (Å²) >= 11 is 0. The first-order valence-electron chi connectivity index (χ1n) is 48.8. The summed E-state index contributed by atoms with van der Waals surface area (Å²) in [4.78, 5) is 4.76. The van der Waals surface area contributed by atoms with Gasteiger partial charge in [0.2, 0.25) is 0 Å². The van der Waals surface area contributed by atoms with Crippen molar-refractivity contribution in [3.05, 3.63) is 528 Å². The zero-order valence-electron chi connectivity index (χ0n) is 77.4. The summed E-state index contributed by atoms with van der Waals surface area (Å²) in [7, 11) is 0. The van der Waals surface area contributed by atoms with Gasteiger partial charge in [-0.1, -0.05) is 346 Å². The van der Waals surface area contributed by atoms with Crippen molar-refractivity contribution in [2.24, 2.45) is 0 Å². The van der Waals surface area contributed by atoms with Crippen LogP contribution in [0.25, 0.3) is 264 Å². The minimum absolute atomic E-state index is 0.924. The van der Waals surface area contributed by atoms with E-state index in [1.54, 1.807) is 0 Å². The summed E-state index contributed by atoms with van der Waals surface area (Å²) in [6.45, 7) is 0. The summed E-state index contributed by atoms with van der Waals surface area (Å²) < 4.78 is 14.3. The maximum absolute atomic E-state index is 4.76. The Hall–Kier alpha value is -19.0. The third kappa shape index (κ3) is 13.5. The normalized spacial score (nSPS) is 11.8. The molecular weight excluding hydrogens is 1720 g/mol. The molecule has 0 atom stereocenters. The number of rotatable bonds is 11. The molecule has 0 aliphatic rings. The monoisotopic (exact) mass is 1810 g/mol. The van der Waals surface area contributed by atoms with Crippen LogP contribution >= 0.6 is 0 Å². The molecule has 0 saturated carbocycles. The molecule has 0 amide bonds. The molecule has 0 fully saturated rings. The molecule has 30 aromatic rings. The van der Waals surface area contributed by atoms with Crippen LogP contribution in [0.15, 0.2) is 528 Å². The SMILES string of the molecule is c1ccc(-c2ccc(-n3c4ccccc4c4cc(-c5ccc6c(c5)c5ccccc5n6-c5ccc6ccccc6c5)ccc43)cc2)cc1.c1ccc(-c2ccc(-n3c4ccccc4c4cc(-c5ccc6c(c5)c5ccccc5n6-c5cccc6ccccc56)ccc43)cc2)cc1.c1ccc(-n2c3ccc(-c4ccc5c(c4)c4c6ccccc6ccc4n5-c4ccccn4)cc3c3c4ccccc4ccc32)cc1. The van der Waals surface area contributed by atoms with Crippen molar-refractivity contribution in [1.82, 2.24) is 32.4 Å². The molecule has 0 spiro atoms. The lowest BCUT2D eigenvalue weighted by molar-refractivity contribution is 1.08. The van der Waals surface area contributed by atoms with Crippen LogP contribution in [0.3, 0.4) is 0 Å². The highest BCUT2D eigenvalue weighted by Crippen LogP contribution is 2.47. The van der Waals surface area contributed by atoms with E-state index >= 15 is 0 Å². The van der Waals surface area contributed by atoms with Crippen molar-refractivity contribution in [1.29, 1.82) is 0 Å². The fourth-order valence-electron chi connectivity index (χ4n) is 22.8. The van der Waals surface area contributed by atoms with Gasteiger partial charge in [-0.25, -0.2) is 4.98 Å². The number of pyridine rings is 1. The Balaban J connectivity index is 0.000000104. The first kappa shape index (κ1) is 81.4. The number of hydrogen-bond donors (Lipinski definition) is 0. The second-order valence-corrected chi connectivity index (χ2v) is 37.2. The number of fused-ring (bicyclic) bond motifs is 24. The number of hydrogen-bond acceptors (Lipinski definition) is 1. The van der Waals surface area contributed by atoms with E-state index in [2.05, 4.69) is 543 Å². The van der Waals surface area contributed by atoms with Gasteiger partial charge >= 0.3 is 0 Å². The molecule has 0 N–H and O–H groups in total. The van der Waals surface area contributed by atoms with E-state index in [1.807, 2.05) is 12.3 Å². The highest BCUT2D eigenvalue weighted by molar-refractivity contribution is 6.25. The smallest absolute Gasteiger partial charge is 0.137 e. The van der Waals surface area contributed by atoms with Gasteiger partial charge in [0.15, 0.2) is 0 Å². The van der Waals surface area contributed by atoms with Crippen LogP contribution in [0.4, 0.5) is 0 Å². The van der Waals surface area contributed by atoms with Crippen LogP contribution in [0.1, 0.15) is 0 Å². The molecule has 7 heteroatoms. The van der Waals surface area contributed by atoms with E-state index in [9.17, 15) is 0 Å². The van der Waals surface area contributed by atoms with Crippen molar-refractivity contribution in [3.8, 4) is 89.9 Å². The average molecular weight is 1810 g/mol. The van der Waals surface area contributed by atoms with Gasteiger partial charge in [-0.05, 0) is 269 Å². The second-order valence-electron chi connectivity index (χ2n) is 37.2. The van der Waals surface area contributed by atoms with E-state index in [0.29, 0.717) is 0 Å². The average Bonchev–Trinajstić information content (AvgIpc) is 1.57. The van der Waals surface area contributed by atoms with Crippen molar-refractivity contribution in [2.45, 2.75) is 0 Å². The number of para-hydroxylation sites is 5. The van der Waals surface area contributed by atoms with Gasteiger partial charge in [-0.3, -0.25) is 4.57 Å². The van der Waals surface area contributed by atoms with Gasteiger partial charge < -0.3 is 22.8 Å². The maximum atomic E-state index is 4.76. The fourth-order valence-corrected chi connectivity index (χ4v) is 22.8. The predicted molar refractivity (Wildman–Crippen MR) is 600 cm³/mol. The highest BCUT2D eigenvalue weighted by Gasteiger charge is 2.25. The number of nitrogens with zero attached hydrogens (tertiary/aromatic N) is 7. The quantitative estimate of drug-likeness (QED) is 0.127. The number of aromatic nitrogens is 7. The lowest BCUT2D eigenvalue weighted by Crippen LogP contribution is -1.96. The molecule has 23 aromatic carbocycles. The van der Waals surface area contributed by atoms with Gasteiger partial charge in [-0.15, -0.1) is 0 Å². The zero-order valence-corrected chi connectivity index (χ0v) is 77.4.